The molecule has 4 rings (SSSR count). The largest absolute Gasteiger partial charge is 0.351 e. The van der Waals surface area contributed by atoms with Gasteiger partial charge in [-0.15, -0.1) is 11.3 Å². The molecular formula is C16H21N7S. The van der Waals surface area contributed by atoms with Gasteiger partial charge in [-0.05, 0) is 20.8 Å². The predicted molar refractivity (Wildman–Crippen MR) is 97.0 cm³/mol. The first kappa shape index (κ1) is 15.3. The van der Waals surface area contributed by atoms with Crippen LogP contribution >= 0.6 is 11.3 Å². The first-order chi connectivity index (χ1) is 11.7. The Morgan fingerprint density at radius 1 is 1.04 bits per heavy atom. The minimum Gasteiger partial charge on any atom is -0.351 e. The van der Waals surface area contributed by atoms with Crippen molar-refractivity contribution in [1.29, 1.82) is 0 Å². The van der Waals surface area contributed by atoms with Crippen molar-refractivity contribution >= 4 is 33.5 Å². The Morgan fingerprint density at radius 3 is 2.46 bits per heavy atom. The zero-order valence-corrected chi connectivity index (χ0v) is 15.0. The lowest BCUT2D eigenvalue weighted by molar-refractivity contribution is 0.646. The van der Waals surface area contributed by atoms with Crippen molar-refractivity contribution in [2.45, 2.75) is 27.3 Å². The zero-order chi connectivity index (χ0) is 16.7. The van der Waals surface area contributed by atoms with Crippen LogP contribution in [0.15, 0.2) is 12.7 Å². The van der Waals surface area contributed by atoms with Gasteiger partial charge in [0.25, 0.3) is 0 Å². The van der Waals surface area contributed by atoms with E-state index in [0.29, 0.717) is 0 Å². The molecule has 0 atom stereocenters. The first-order valence-electron chi connectivity index (χ1n) is 8.27. The maximum Gasteiger partial charge on any atom is 0.185 e. The molecule has 24 heavy (non-hydrogen) atoms. The van der Waals surface area contributed by atoms with Crippen molar-refractivity contribution < 1.29 is 0 Å². The Balaban J connectivity index is 1.55. The van der Waals surface area contributed by atoms with Crippen LogP contribution in [0.1, 0.15) is 17.5 Å². The highest BCUT2D eigenvalue weighted by Crippen LogP contribution is 2.28. The van der Waals surface area contributed by atoms with E-state index in [1.807, 2.05) is 6.33 Å². The number of rotatable bonds is 3. The van der Waals surface area contributed by atoms with Crippen LogP contribution in [0.5, 0.6) is 0 Å². The molecule has 0 bridgehead atoms. The van der Waals surface area contributed by atoms with Crippen LogP contribution in [-0.2, 0) is 6.54 Å². The number of aryl methyl sites for hydroxylation is 3. The molecule has 0 aliphatic carbocycles. The SMILES string of the molecule is CCn1cnc2c(N3CCN(c4nc(C)c(C)s4)CC3)ncnc21. The number of hydrogen-bond donors (Lipinski definition) is 0. The van der Waals surface area contributed by atoms with Gasteiger partial charge in [0.15, 0.2) is 22.1 Å². The second-order valence-corrected chi connectivity index (χ2v) is 7.19. The summed E-state index contributed by atoms with van der Waals surface area (Å²) in [4.78, 5) is 24.1. The number of piperazine rings is 1. The third kappa shape index (κ3) is 2.50. The first-order valence-corrected chi connectivity index (χ1v) is 9.08. The number of thiazole rings is 1. The van der Waals surface area contributed by atoms with Crippen LogP contribution in [0, 0.1) is 13.8 Å². The number of hydrogen-bond acceptors (Lipinski definition) is 7. The topological polar surface area (TPSA) is 63.0 Å². The van der Waals surface area contributed by atoms with E-state index in [2.05, 4.69) is 55.1 Å². The molecule has 1 aliphatic rings. The average Bonchev–Trinajstić information content (AvgIpc) is 3.18. The Kier molecular flexibility index (Phi) is 3.84. The quantitative estimate of drug-likeness (QED) is 0.727. The highest BCUT2D eigenvalue weighted by atomic mass is 32.1. The van der Waals surface area contributed by atoms with Gasteiger partial charge in [-0.3, -0.25) is 0 Å². The minimum atomic E-state index is 0.865. The number of aromatic nitrogens is 5. The van der Waals surface area contributed by atoms with Crippen LogP contribution in [0.4, 0.5) is 10.9 Å². The standard InChI is InChI=1S/C16H21N7S/c1-4-21-10-19-13-14(21)17-9-18-15(13)22-5-7-23(8-6-22)16-20-11(2)12(3)24-16/h9-10H,4-8H2,1-3H3. The molecule has 7 nitrogen and oxygen atoms in total. The molecule has 8 heteroatoms. The highest BCUT2D eigenvalue weighted by Gasteiger charge is 2.23. The van der Waals surface area contributed by atoms with E-state index in [0.717, 1.165) is 60.5 Å². The summed E-state index contributed by atoms with van der Waals surface area (Å²) in [5, 5.41) is 1.13. The molecule has 1 fully saturated rings. The monoisotopic (exact) mass is 343 g/mol. The molecule has 126 valence electrons. The van der Waals surface area contributed by atoms with E-state index in [-0.39, 0.29) is 0 Å². The molecule has 0 saturated carbocycles. The van der Waals surface area contributed by atoms with Crippen molar-refractivity contribution in [3.05, 3.63) is 23.2 Å². The van der Waals surface area contributed by atoms with Gasteiger partial charge < -0.3 is 14.4 Å². The number of anilines is 2. The van der Waals surface area contributed by atoms with Gasteiger partial charge in [-0.2, -0.15) is 0 Å². The summed E-state index contributed by atoms with van der Waals surface area (Å²) >= 11 is 1.78. The van der Waals surface area contributed by atoms with Crippen LogP contribution in [0.25, 0.3) is 11.2 Å². The van der Waals surface area contributed by atoms with E-state index in [1.165, 1.54) is 4.88 Å². The summed E-state index contributed by atoms with van der Waals surface area (Å²) < 4.78 is 2.05. The van der Waals surface area contributed by atoms with Gasteiger partial charge in [0.2, 0.25) is 0 Å². The Hall–Kier alpha value is -2.22. The molecular weight excluding hydrogens is 322 g/mol. The molecule has 3 aromatic rings. The fourth-order valence-electron chi connectivity index (χ4n) is 3.03. The Bertz CT molecular complexity index is 841. The van der Waals surface area contributed by atoms with Gasteiger partial charge in [-0.25, -0.2) is 19.9 Å². The zero-order valence-electron chi connectivity index (χ0n) is 14.2. The molecule has 0 amide bonds. The molecule has 0 spiro atoms. The molecule has 3 aromatic heterocycles. The molecule has 4 heterocycles. The van der Waals surface area contributed by atoms with Gasteiger partial charge in [0, 0.05) is 37.6 Å². The predicted octanol–water partition coefficient (Wildman–Crippen LogP) is 2.25. The summed E-state index contributed by atoms with van der Waals surface area (Å²) in [6.07, 6.45) is 3.49. The van der Waals surface area contributed by atoms with E-state index in [1.54, 1.807) is 17.7 Å². The van der Waals surface area contributed by atoms with Crippen LogP contribution in [-0.4, -0.2) is 50.7 Å². The van der Waals surface area contributed by atoms with E-state index < -0.39 is 0 Å². The lowest BCUT2D eigenvalue weighted by Gasteiger charge is -2.35. The second-order valence-electron chi connectivity index (χ2n) is 6.01. The Labute approximate surface area is 145 Å². The van der Waals surface area contributed by atoms with Crippen LogP contribution < -0.4 is 9.80 Å². The lowest BCUT2D eigenvalue weighted by Crippen LogP contribution is -2.47. The maximum atomic E-state index is 4.68. The van der Waals surface area contributed by atoms with Gasteiger partial charge in [0.05, 0.1) is 12.0 Å². The highest BCUT2D eigenvalue weighted by molar-refractivity contribution is 7.15. The summed E-state index contributed by atoms with van der Waals surface area (Å²) in [5.74, 6) is 0.943. The molecule has 0 unspecified atom stereocenters. The average molecular weight is 343 g/mol. The fourth-order valence-corrected chi connectivity index (χ4v) is 3.99. The van der Waals surface area contributed by atoms with Crippen molar-refractivity contribution in [2.75, 3.05) is 36.0 Å². The summed E-state index contributed by atoms with van der Waals surface area (Å²) in [7, 11) is 0. The Morgan fingerprint density at radius 2 is 1.79 bits per heavy atom. The van der Waals surface area contributed by atoms with Gasteiger partial charge in [-0.1, -0.05) is 0 Å². The number of fused-ring (bicyclic) bond motifs is 1. The molecule has 1 aliphatic heterocycles. The van der Waals surface area contributed by atoms with Gasteiger partial charge in [0.1, 0.15) is 6.33 Å². The van der Waals surface area contributed by atoms with Crippen LogP contribution in [0.3, 0.4) is 0 Å². The molecule has 0 radical (unpaired) electrons. The summed E-state index contributed by atoms with van der Waals surface area (Å²) in [6, 6.07) is 0. The normalized spacial score (nSPS) is 15.5. The number of imidazole rings is 1. The van der Waals surface area contributed by atoms with Crippen molar-refractivity contribution in [1.82, 2.24) is 24.5 Å². The molecule has 1 saturated heterocycles. The summed E-state index contributed by atoms with van der Waals surface area (Å²) in [6.45, 7) is 10.9. The summed E-state index contributed by atoms with van der Waals surface area (Å²) in [5.41, 5.74) is 2.95. The second kappa shape index (κ2) is 6.01. The van der Waals surface area contributed by atoms with Crippen molar-refractivity contribution in [2.24, 2.45) is 0 Å². The van der Waals surface area contributed by atoms with Gasteiger partial charge >= 0.3 is 0 Å². The third-order valence-corrected chi connectivity index (χ3v) is 5.72. The minimum absolute atomic E-state index is 0.865. The van der Waals surface area contributed by atoms with Crippen molar-refractivity contribution in [3.8, 4) is 0 Å². The van der Waals surface area contributed by atoms with E-state index in [9.17, 15) is 0 Å². The third-order valence-electron chi connectivity index (χ3n) is 4.59. The smallest absolute Gasteiger partial charge is 0.185 e. The number of nitrogens with zero attached hydrogens (tertiary/aromatic N) is 7. The molecule has 0 aromatic carbocycles. The lowest BCUT2D eigenvalue weighted by atomic mass is 10.3. The maximum absolute atomic E-state index is 4.68. The fraction of sp³-hybridized carbons (Fsp3) is 0.500. The molecule has 0 N–H and O–H groups in total. The van der Waals surface area contributed by atoms with E-state index in [4.69, 9.17) is 0 Å². The van der Waals surface area contributed by atoms with Crippen molar-refractivity contribution in [3.63, 3.8) is 0 Å². The van der Waals surface area contributed by atoms with E-state index >= 15 is 0 Å². The van der Waals surface area contributed by atoms with Crippen LogP contribution in [0.2, 0.25) is 0 Å².